The van der Waals surface area contributed by atoms with Crippen LogP contribution in [0.4, 0.5) is 0 Å². The molecule has 3 atom stereocenters. The van der Waals surface area contributed by atoms with Crippen molar-refractivity contribution in [3.63, 3.8) is 0 Å². The van der Waals surface area contributed by atoms with Crippen LogP contribution in [0.1, 0.15) is 31.4 Å². The molecule has 3 aliphatic rings. The van der Waals surface area contributed by atoms with Gasteiger partial charge >= 0.3 is 0 Å². The van der Waals surface area contributed by atoms with Gasteiger partial charge in [0.15, 0.2) is 0 Å². The average Bonchev–Trinajstić information content (AvgIpc) is 3.03. The van der Waals surface area contributed by atoms with Crippen LogP contribution < -0.4 is 4.74 Å². The van der Waals surface area contributed by atoms with Gasteiger partial charge in [0, 0.05) is 36.8 Å². The summed E-state index contributed by atoms with van der Waals surface area (Å²) < 4.78 is 5.79. The van der Waals surface area contributed by atoms with Gasteiger partial charge in [-0.3, -0.25) is 9.80 Å². The Morgan fingerprint density at radius 3 is 3.10 bits per heavy atom. The molecule has 1 aromatic carbocycles. The molecule has 2 saturated heterocycles. The van der Waals surface area contributed by atoms with E-state index in [1.807, 2.05) is 6.07 Å². The maximum Gasteiger partial charge on any atom is 0.127 e. The van der Waals surface area contributed by atoms with Gasteiger partial charge < -0.3 is 9.84 Å². The second-order valence-electron chi connectivity index (χ2n) is 6.39. The summed E-state index contributed by atoms with van der Waals surface area (Å²) in [5.41, 5.74) is 1.24. The first-order valence-corrected chi connectivity index (χ1v) is 7.68. The summed E-state index contributed by atoms with van der Waals surface area (Å²) in [5, 5.41) is 9.57. The summed E-state index contributed by atoms with van der Waals surface area (Å²) in [6.45, 7) is 6.64. The van der Waals surface area contributed by atoms with Gasteiger partial charge in [-0.2, -0.15) is 0 Å². The SMILES string of the molecule is CC1CN2CCCC2CN1C1COc2cc(O)ccc21. The van der Waals surface area contributed by atoms with Gasteiger partial charge in [0.1, 0.15) is 18.1 Å². The summed E-state index contributed by atoms with van der Waals surface area (Å²) in [6.07, 6.45) is 2.68. The van der Waals surface area contributed by atoms with Crippen molar-refractivity contribution in [2.24, 2.45) is 0 Å². The summed E-state index contributed by atoms with van der Waals surface area (Å²) in [4.78, 5) is 5.25. The lowest BCUT2D eigenvalue weighted by Gasteiger charge is -2.44. The number of phenolic OH excluding ortho intramolecular Hbond substituents is 1. The molecule has 3 heterocycles. The zero-order valence-corrected chi connectivity index (χ0v) is 12.0. The Hall–Kier alpha value is -1.26. The van der Waals surface area contributed by atoms with E-state index in [9.17, 15) is 5.11 Å². The molecule has 0 radical (unpaired) electrons. The first-order valence-electron chi connectivity index (χ1n) is 7.68. The Kier molecular flexibility index (Phi) is 2.89. The van der Waals surface area contributed by atoms with Crippen LogP contribution in [0.2, 0.25) is 0 Å². The summed E-state index contributed by atoms with van der Waals surface area (Å²) >= 11 is 0. The standard InChI is InChI=1S/C16H22N2O2/c1-11-8-17-6-2-3-12(17)9-18(11)15-10-20-16-7-13(19)4-5-14(15)16/h4-5,7,11-12,15,19H,2-3,6,8-10H2,1H3. The van der Waals surface area contributed by atoms with Crippen molar-refractivity contribution in [3.05, 3.63) is 23.8 Å². The highest BCUT2D eigenvalue weighted by atomic mass is 16.5. The molecule has 1 aromatic rings. The molecule has 4 nitrogen and oxygen atoms in total. The number of benzene rings is 1. The quantitative estimate of drug-likeness (QED) is 0.849. The van der Waals surface area contributed by atoms with Gasteiger partial charge in [-0.05, 0) is 38.4 Å². The van der Waals surface area contributed by atoms with Gasteiger partial charge in [-0.15, -0.1) is 0 Å². The Morgan fingerprint density at radius 2 is 2.20 bits per heavy atom. The molecule has 4 heteroatoms. The van der Waals surface area contributed by atoms with E-state index in [0.717, 1.165) is 24.9 Å². The largest absolute Gasteiger partial charge is 0.508 e. The first kappa shape index (κ1) is 12.5. The van der Waals surface area contributed by atoms with Crippen molar-refractivity contribution in [1.82, 2.24) is 9.80 Å². The van der Waals surface area contributed by atoms with Crippen LogP contribution in [0.5, 0.6) is 11.5 Å². The zero-order valence-electron chi connectivity index (χ0n) is 12.0. The maximum absolute atomic E-state index is 9.57. The molecule has 0 saturated carbocycles. The minimum absolute atomic E-state index is 0.290. The third kappa shape index (κ3) is 1.90. The molecule has 3 aliphatic heterocycles. The van der Waals surface area contributed by atoms with E-state index in [1.54, 1.807) is 12.1 Å². The smallest absolute Gasteiger partial charge is 0.127 e. The molecule has 108 valence electrons. The van der Waals surface area contributed by atoms with E-state index in [4.69, 9.17) is 4.74 Å². The summed E-state index contributed by atoms with van der Waals surface area (Å²) in [6, 6.07) is 7.19. The lowest BCUT2D eigenvalue weighted by Crippen LogP contribution is -2.56. The van der Waals surface area contributed by atoms with E-state index >= 15 is 0 Å². The van der Waals surface area contributed by atoms with Crippen molar-refractivity contribution >= 4 is 0 Å². The molecule has 0 amide bonds. The van der Waals surface area contributed by atoms with E-state index in [-0.39, 0.29) is 5.75 Å². The fraction of sp³-hybridized carbons (Fsp3) is 0.625. The van der Waals surface area contributed by atoms with Crippen molar-refractivity contribution in [3.8, 4) is 11.5 Å². The number of nitrogens with zero attached hydrogens (tertiary/aromatic N) is 2. The van der Waals surface area contributed by atoms with Crippen LogP contribution in [0, 0.1) is 0 Å². The van der Waals surface area contributed by atoms with Crippen molar-refractivity contribution in [2.75, 3.05) is 26.2 Å². The predicted octanol–water partition coefficient (Wildman–Crippen LogP) is 1.99. The zero-order chi connectivity index (χ0) is 13.7. The molecular formula is C16H22N2O2. The summed E-state index contributed by atoms with van der Waals surface area (Å²) in [5.74, 6) is 1.15. The Balaban J connectivity index is 1.59. The Morgan fingerprint density at radius 1 is 1.30 bits per heavy atom. The number of ether oxygens (including phenoxy) is 1. The van der Waals surface area contributed by atoms with E-state index in [2.05, 4.69) is 16.7 Å². The van der Waals surface area contributed by atoms with Crippen LogP contribution in [0.3, 0.4) is 0 Å². The van der Waals surface area contributed by atoms with Crippen LogP contribution in [0.15, 0.2) is 18.2 Å². The van der Waals surface area contributed by atoms with Crippen molar-refractivity contribution in [1.29, 1.82) is 0 Å². The molecule has 4 rings (SSSR count). The molecule has 0 bridgehead atoms. The number of hydrogen-bond acceptors (Lipinski definition) is 4. The van der Waals surface area contributed by atoms with Crippen LogP contribution >= 0.6 is 0 Å². The second kappa shape index (κ2) is 4.64. The van der Waals surface area contributed by atoms with Crippen molar-refractivity contribution in [2.45, 2.75) is 37.9 Å². The highest BCUT2D eigenvalue weighted by Crippen LogP contribution is 2.40. The van der Waals surface area contributed by atoms with Gasteiger partial charge in [0.2, 0.25) is 0 Å². The fourth-order valence-corrected chi connectivity index (χ4v) is 4.10. The fourth-order valence-electron chi connectivity index (χ4n) is 4.10. The van der Waals surface area contributed by atoms with Gasteiger partial charge in [0.25, 0.3) is 0 Å². The Bertz CT molecular complexity index is 519. The van der Waals surface area contributed by atoms with Crippen molar-refractivity contribution < 1.29 is 9.84 Å². The lowest BCUT2D eigenvalue weighted by atomic mass is 10.0. The third-order valence-corrected chi connectivity index (χ3v) is 5.14. The van der Waals surface area contributed by atoms with Crippen LogP contribution in [-0.4, -0.2) is 53.2 Å². The van der Waals surface area contributed by atoms with Gasteiger partial charge in [-0.25, -0.2) is 0 Å². The normalized spacial score (nSPS) is 33.8. The number of aromatic hydroxyl groups is 1. The monoisotopic (exact) mass is 274 g/mol. The minimum Gasteiger partial charge on any atom is -0.508 e. The average molecular weight is 274 g/mol. The maximum atomic E-state index is 9.57. The minimum atomic E-state index is 0.290. The first-order chi connectivity index (χ1) is 9.72. The number of fused-ring (bicyclic) bond motifs is 2. The number of hydrogen-bond donors (Lipinski definition) is 1. The van der Waals surface area contributed by atoms with E-state index in [0.29, 0.717) is 12.1 Å². The molecule has 20 heavy (non-hydrogen) atoms. The van der Waals surface area contributed by atoms with Gasteiger partial charge in [-0.1, -0.05) is 0 Å². The van der Waals surface area contributed by atoms with Gasteiger partial charge in [0.05, 0.1) is 6.04 Å². The number of rotatable bonds is 1. The number of piperazine rings is 1. The lowest BCUT2D eigenvalue weighted by molar-refractivity contribution is 0.0210. The second-order valence-corrected chi connectivity index (χ2v) is 6.39. The molecule has 0 aliphatic carbocycles. The highest BCUT2D eigenvalue weighted by molar-refractivity contribution is 5.44. The molecule has 1 N–H and O–H groups in total. The number of phenols is 1. The topological polar surface area (TPSA) is 35.9 Å². The van der Waals surface area contributed by atoms with E-state index < -0.39 is 0 Å². The molecular weight excluding hydrogens is 252 g/mol. The van der Waals surface area contributed by atoms with E-state index in [1.165, 1.54) is 31.5 Å². The molecule has 0 spiro atoms. The highest BCUT2D eigenvalue weighted by Gasteiger charge is 2.40. The molecule has 3 unspecified atom stereocenters. The predicted molar refractivity (Wildman–Crippen MR) is 77.1 cm³/mol. The third-order valence-electron chi connectivity index (χ3n) is 5.14. The Labute approximate surface area is 119 Å². The van der Waals surface area contributed by atoms with Crippen LogP contribution in [0.25, 0.3) is 0 Å². The molecule has 2 fully saturated rings. The summed E-state index contributed by atoms with van der Waals surface area (Å²) in [7, 11) is 0. The van der Waals surface area contributed by atoms with Crippen LogP contribution in [-0.2, 0) is 0 Å². The molecule has 0 aromatic heterocycles.